The van der Waals surface area contributed by atoms with Crippen LogP contribution in [0.2, 0.25) is 0 Å². The van der Waals surface area contributed by atoms with E-state index in [0.29, 0.717) is 12.3 Å². The van der Waals surface area contributed by atoms with E-state index < -0.39 is 6.10 Å². The monoisotopic (exact) mass is 254 g/mol. The average Bonchev–Trinajstić information content (AvgIpc) is 2.47. The number of hydrogen-bond donors (Lipinski definition) is 1. The van der Waals surface area contributed by atoms with Crippen molar-refractivity contribution in [1.29, 1.82) is 0 Å². The molecular formula is C15H14N2O2. The summed E-state index contributed by atoms with van der Waals surface area (Å²) in [5, 5.41) is 2.83. The average molecular weight is 254 g/mol. The van der Waals surface area contributed by atoms with Crippen molar-refractivity contribution in [3.63, 3.8) is 0 Å². The Morgan fingerprint density at radius 3 is 3.00 bits per heavy atom. The molecule has 0 saturated carbocycles. The van der Waals surface area contributed by atoms with Crippen LogP contribution < -0.4 is 5.32 Å². The standard InChI is InChI=1S/C15H14N2O2/c18-15(17-12-5-3-8-16-10-12)14-13-6-2-1-4-11(13)7-9-19-14/h1-6,8,10,14H,7,9H2,(H,17,18)/t14-/m1/s1. The quantitative estimate of drug-likeness (QED) is 0.894. The van der Waals surface area contributed by atoms with Gasteiger partial charge in [-0.1, -0.05) is 24.3 Å². The van der Waals surface area contributed by atoms with Gasteiger partial charge in [0.25, 0.3) is 5.91 Å². The highest BCUT2D eigenvalue weighted by molar-refractivity contribution is 5.95. The van der Waals surface area contributed by atoms with E-state index >= 15 is 0 Å². The first kappa shape index (κ1) is 11.9. The molecule has 4 nitrogen and oxygen atoms in total. The second kappa shape index (κ2) is 5.20. The lowest BCUT2D eigenvalue weighted by atomic mass is 9.97. The highest BCUT2D eigenvalue weighted by Gasteiger charge is 2.27. The molecule has 1 amide bonds. The minimum Gasteiger partial charge on any atom is -0.363 e. The van der Waals surface area contributed by atoms with Gasteiger partial charge in [0.1, 0.15) is 0 Å². The third-order valence-corrected chi connectivity index (χ3v) is 3.16. The van der Waals surface area contributed by atoms with Crippen LogP contribution >= 0.6 is 0 Å². The number of anilines is 1. The lowest BCUT2D eigenvalue weighted by molar-refractivity contribution is -0.128. The third-order valence-electron chi connectivity index (χ3n) is 3.16. The maximum absolute atomic E-state index is 12.3. The summed E-state index contributed by atoms with van der Waals surface area (Å²) in [7, 11) is 0. The molecule has 4 heteroatoms. The van der Waals surface area contributed by atoms with Crippen LogP contribution in [0.5, 0.6) is 0 Å². The van der Waals surface area contributed by atoms with E-state index in [9.17, 15) is 4.79 Å². The van der Waals surface area contributed by atoms with Gasteiger partial charge in [-0.05, 0) is 29.7 Å². The van der Waals surface area contributed by atoms with Crippen molar-refractivity contribution in [3.8, 4) is 0 Å². The molecular weight excluding hydrogens is 240 g/mol. The fraction of sp³-hybridized carbons (Fsp3) is 0.200. The molecule has 0 bridgehead atoms. The number of benzene rings is 1. The van der Waals surface area contributed by atoms with E-state index in [2.05, 4.69) is 10.3 Å². The van der Waals surface area contributed by atoms with Crippen LogP contribution in [0.25, 0.3) is 0 Å². The molecule has 19 heavy (non-hydrogen) atoms. The summed E-state index contributed by atoms with van der Waals surface area (Å²) < 4.78 is 5.61. The Kier molecular flexibility index (Phi) is 3.25. The predicted molar refractivity (Wildman–Crippen MR) is 71.7 cm³/mol. The molecule has 0 aliphatic carbocycles. The Labute approximate surface area is 111 Å². The van der Waals surface area contributed by atoms with Gasteiger partial charge >= 0.3 is 0 Å². The maximum atomic E-state index is 12.3. The number of rotatable bonds is 2. The Balaban J connectivity index is 1.82. The molecule has 1 N–H and O–H groups in total. The molecule has 0 fully saturated rings. The number of nitrogens with one attached hydrogen (secondary N) is 1. The maximum Gasteiger partial charge on any atom is 0.258 e. The molecule has 0 radical (unpaired) electrons. The number of amides is 1. The molecule has 0 saturated heterocycles. The second-order valence-electron chi connectivity index (χ2n) is 4.43. The summed E-state index contributed by atoms with van der Waals surface area (Å²) in [6, 6.07) is 11.5. The van der Waals surface area contributed by atoms with Crippen molar-refractivity contribution in [2.75, 3.05) is 11.9 Å². The van der Waals surface area contributed by atoms with E-state index in [1.807, 2.05) is 24.3 Å². The van der Waals surface area contributed by atoms with Crippen LogP contribution in [0, 0.1) is 0 Å². The van der Waals surface area contributed by atoms with Gasteiger partial charge in [-0.15, -0.1) is 0 Å². The number of hydrogen-bond acceptors (Lipinski definition) is 3. The van der Waals surface area contributed by atoms with Crippen LogP contribution in [-0.2, 0) is 16.0 Å². The number of carbonyl (C=O) groups is 1. The van der Waals surface area contributed by atoms with Crippen molar-refractivity contribution in [1.82, 2.24) is 4.98 Å². The first-order valence-electron chi connectivity index (χ1n) is 6.25. The molecule has 1 aliphatic heterocycles. The molecule has 0 unspecified atom stereocenters. The van der Waals surface area contributed by atoms with Gasteiger partial charge in [0.15, 0.2) is 6.10 Å². The largest absolute Gasteiger partial charge is 0.363 e. The van der Waals surface area contributed by atoms with Crippen LogP contribution in [0.1, 0.15) is 17.2 Å². The van der Waals surface area contributed by atoms with Crippen molar-refractivity contribution < 1.29 is 9.53 Å². The van der Waals surface area contributed by atoms with Crippen LogP contribution in [0.3, 0.4) is 0 Å². The summed E-state index contributed by atoms with van der Waals surface area (Å²) in [5.74, 6) is -0.153. The number of pyridine rings is 1. The van der Waals surface area contributed by atoms with E-state index in [-0.39, 0.29) is 5.91 Å². The first-order valence-corrected chi connectivity index (χ1v) is 6.25. The fourth-order valence-corrected chi connectivity index (χ4v) is 2.26. The summed E-state index contributed by atoms with van der Waals surface area (Å²) in [5.41, 5.74) is 2.81. The predicted octanol–water partition coefficient (Wildman–Crippen LogP) is 2.33. The van der Waals surface area contributed by atoms with E-state index in [1.165, 1.54) is 5.56 Å². The normalized spacial score (nSPS) is 17.6. The molecule has 1 aromatic carbocycles. The van der Waals surface area contributed by atoms with Gasteiger partial charge < -0.3 is 10.1 Å². The van der Waals surface area contributed by atoms with Gasteiger partial charge in [0.05, 0.1) is 18.5 Å². The van der Waals surface area contributed by atoms with Crippen molar-refractivity contribution in [2.24, 2.45) is 0 Å². The Morgan fingerprint density at radius 1 is 1.26 bits per heavy atom. The molecule has 96 valence electrons. The summed E-state index contributed by atoms with van der Waals surface area (Å²) in [6.45, 7) is 0.572. The van der Waals surface area contributed by atoms with E-state index in [4.69, 9.17) is 4.74 Å². The van der Waals surface area contributed by atoms with E-state index in [0.717, 1.165) is 12.0 Å². The number of aromatic nitrogens is 1. The topological polar surface area (TPSA) is 51.2 Å². The lowest BCUT2D eigenvalue weighted by Crippen LogP contribution is -2.28. The molecule has 3 rings (SSSR count). The number of nitrogens with zero attached hydrogens (tertiary/aromatic N) is 1. The number of fused-ring (bicyclic) bond motifs is 1. The van der Waals surface area contributed by atoms with E-state index in [1.54, 1.807) is 24.5 Å². The van der Waals surface area contributed by atoms with Gasteiger partial charge in [-0.2, -0.15) is 0 Å². The van der Waals surface area contributed by atoms with Crippen LogP contribution in [-0.4, -0.2) is 17.5 Å². The first-order chi connectivity index (χ1) is 9.34. The highest BCUT2D eigenvalue weighted by atomic mass is 16.5. The van der Waals surface area contributed by atoms with Gasteiger partial charge in [0.2, 0.25) is 0 Å². The SMILES string of the molecule is O=C(Nc1cccnc1)[C@@H]1OCCc2ccccc21. The zero-order valence-electron chi connectivity index (χ0n) is 10.4. The molecule has 2 aromatic rings. The Morgan fingerprint density at radius 2 is 2.16 bits per heavy atom. The van der Waals surface area contributed by atoms with Gasteiger partial charge in [-0.25, -0.2) is 0 Å². The smallest absolute Gasteiger partial charge is 0.258 e. The minimum absolute atomic E-state index is 0.153. The molecule has 1 atom stereocenters. The Bertz CT molecular complexity index is 584. The summed E-state index contributed by atoms with van der Waals surface area (Å²) in [6.07, 6.45) is 3.60. The van der Waals surface area contributed by atoms with Crippen molar-refractivity contribution >= 4 is 11.6 Å². The zero-order chi connectivity index (χ0) is 13.1. The minimum atomic E-state index is -0.537. The lowest BCUT2D eigenvalue weighted by Gasteiger charge is -2.25. The van der Waals surface area contributed by atoms with Crippen LogP contribution in [0.15, 0.2) is 48.8 Å². The third kappa shape index (κ3) is 2.48. The molecule has 0 spiro atoms. The van der Waals surface area contributed by atoms with Gasteiger partial charge in [0, 0.05) is 6.20 Å². The van der Waals surface area contributed by atoms with Gasteiger partial charge in [-0.3, -0.25) is 9.78 Å². The summed E-state index contributed by atoms with van der Waals surface area (Å²) >= 11 is 0. The molecule has 2 heterocycles. The fourth-order valence-electron chi connectivity index (χ4n) is 2.26. The Hall–Kier alpha value is -2.20. The highest BCUT2D eigenvalue weighted by Crippen LogP contribution is 2.27. The molecule has 1 aliphatic rings. The number of carbonyl (C=O) groups excluding carboxylic acids is 1. The van der Waals surface area contributed by atoms with Crippen molar-refractivity contribution in [3.05, 3.63) is 59.9 Å². The van der Waals surface area contributed by atoms with Crippen LogP contribution in [0.4, 0.5) is 5.69 Å². The van der Waals surface area contributed by atoms with Crippen molar-refractivity contribution in [2.45, 2.75) is 12.5 Å². The number of ether oxygens (including phenoxy) is 1. The second-order valence-corrected chi connectivity index (χ2v) is 4.43. The zero-order valence-corrected chi connectivity index (χ0v) is 10.4. The molecule has 1 aromatic heterocycles. The summed E-state index contributed by atoms with van der Waals surface area (Å²) in [4.78, 5) is 16.2.